The Kier molecular flexibility index (Phi) is 16.8. The normalized spacial score (nSPS) is 14.5. The molecule has 22 heavy (non-hydrogen) atoms. The molecule has 1 nitrogen and oxygen atoms in total. The third kappa shape index (κ3) is 14.2. The molecule has 0 radical (unpaired) electrons. The fraction of sp³-hybridized carbons (Fsp3) is 1.00. The van der Waals surface area contributed by atoms with E-state index in [0.29, 0.717) is 5.88 Å². The van der Waals surface area contributed by atoms with Crippen LogP contribution in [0.25, 0.3) is 0 Å². The van der Waals surface area contributed by atoms with E-state index in [-0.39, 0.29) is 17.6 Å². The molecule has 0 aliphatic rings. The summed E-state index contributed by atoms with van der Waals surface area (Å²) in [5.41, 5.74) is 0. The maximum Gasteiger partial charge on any atom is 0.0877 e. The molecule has 0 aliphatic heterocycles. The average molecular weight is 353 g/mol. The molecule has 0 rings (SSSR count). The van der Waals surface area contributed by atoms with Crippen LogP contribution in [0.15, 0.2) is 0 Å². The molecule has 0 saturated carbocycles. The van der Waals surface area contributed by atoms with Crippen molar-refractivity contribution in [3.63, 3.8) is 0 Å². The van der Waals surface area contributed by atoms with E-state index < -0.39 is 0 Å². The molecule has 2 unspecified atom stereocenters. The highest BCUT2D eigenvalue weighted by molar-refractivity contribution is 6.23. The number of hydrogen-bond donors (Lipinski definition) is 0. The van der Waals surface area contributed by atoms with Crippen molar-refractivity contribution in [1.82, 2.24) is 0 Å². The predicted octanol–water partition coefficient (Wildman–Crippen LogP) is 7.33. The van der Waals surface area contributed by atoms with Crippen LogP contribution in [0.3, 0.4) is 0 Å². The van der Waals surface area contributed by atoms with Crippen molar-refractivity contribution in [2.45, 2.75) is 115 Å². The van der Waals surface area contributed by atoms with Crippen molar-refractivity contribution in [3.8, 4) is 0 Å². The highest BCUT2D eigenvalue weighted by Gasteiger charge is 2.19. The Morgan fingerprint density at radius 1 is 0.773 bits per heavy atom. The monoisotopic (exact) mass is 352 g/mol. The fourth-order valence-corrected chi connectivity index (χ4v) is 3.44. The minimum absolute atomic E-state index is 0.00791. The molecule has 0 amide bonds. The lowest BCUT2D eigenvalue weighted by molar-refractivity contribution is 0.0174. The van der Waals surface area contributed by atoms with Gasteiger partial charge in [-0.1, -0.05) is 77.6 Å². The third-order valence-electron chi connectivity index (χ3n) is 4.09. The summed E-state index contributed by atoms with van der Waals surface area (Å²) in [5, 5.41) is 0.0541. The summed E-state index contributed by atoms with van der Waals surface area (Å²) in [5.74, 6) is 0.490. The Morgan fingerprint density at radius 2 is 1.23 bits per heavy atom. The van der Waals surface area contributed by atoms with Gasteiger partial charge in [-0.25, -0.2) is 0 Å². The van der Waals surface area contributed by atoms with Gasteiger partial charge in [0.2, 0.25) is 0 Å². The van der Waals surface area contributed by atoms with Crippen LogP contribution in [0, 0.1) is 0 Å². The second-order valence-corrected chi connectivity index (χ2v) is 7.59. The van der Waals surface area contributed by atoms with Gasteiger partial charge in [-0.15, -0.1) is 23.2 Å². The van der Waals surface area contributed by atoms with Crippen LogP contribution in [-0.4, -0.2) is 23.5 Å². The molecule has 134 valence electrons. The molecule has 0 spiro atoms. The molecule has 0 fully saturated rings. The molecule has 0 aliphatic carbocycles. The summed E-state index contributed by atoms with van der Waals surface area (Å²) in [6.07, 6.45) is 16.2. The van der Waals surface area contributed by atoms with E-state index in [2.05, 4.69) is 6.92 Å². The predicted molar refractivity (Wildman–Crippen MR) is 101 cm³/mol. The second kappa shape index (κ2) is 16.4. The van der Waals surface area contributed by atoms with Gasteiger partial charge in [0.1, 0.15) is 0 Å². The molecule has 0 bridgehead atoms. The number of halogens is 2. The fourth-order valence-electron chi connectivity index (χ4n) is 2.76. The molecule has 3 heteroatoms. The first-order chi connectivity index (χ1) is 10.6. The van der Waals surface area contributed by atoms with Gasteiger partial charge in [0.05, 0.1) is 23.5 Å². The van der Waals surface area contributed by atoms with Crippen LogP contribution in [0.4, 0.5) is 0 Å². The van der Waals surface area contributed by atoms with Gasteiger partial charge >= 0.3 is 0 Å². The Hall–Kier alpha value is 0.540. The summed E-state index contributed by atoms with van der Waals surface area (Å²) < 4.78 is 5.75. The van der Waals surface area contributed by atoms with Gasteiger partial charge in [0.15, 0.2) is 0 Å². The second-order valence-electron chi connectivity index (χ2n) is 6.72. The van der Waals surface area contributed by atoms with E-state index >= 15 is 0 Å². The Labute approximate surface area is 149 Å². The molecule has 2 atom stereocenters. The first-order valence-electron chi connectivity index (χ1n) is 9.47. The number of alkyl halides is 2. The van der Waals surface area contributed by atoms with Gasteiger partial charge in [-0.3, -0.25) is 0 Å². The topological polar surface area (TPSA) is 9.23 Å². The van der Waals surface area contributed by atoms with Crippen molar-refractivity contribution < 1.29 is 4.74 Å². The van der Waals surface area contributed by atoms with Crippen LogP contribution in [0.1, 0.15) is 97.8 Å². The van der Waals surface area contributed by atoms with Gasteiger partial charge in [-0.2, -0.15) is 0 Å². The van der Waals surface area contributed by atoms with E-state index in [1.165, 1.54) is 70.6 Å². The van der Waals surface area contributed by atoms with Crippen LogP contribution >= 0.6 is 23.2 Å². The summed E-state index contributed by atoms with van der Waals surface area (Å²) in [4.78, 5) is 0. The quantitative estimate of drug-likeness (QED) is 0.208. The maximum atomic E-state index is 6.40. The number of rotatable bonds is 16. The van der Waals surface area contributed by atoms with Crippen molar-refractivity contribution in [3.05, 3.63) is 0 Å². The van der Waals surface area contributed by atoms with E-state index in [9.17, 15) is 0 Å². The van der Waals surface area contributed by atoms with Crippen LogP contribution < -0.4 is 0 Å². The van der Waals surface area contributed by atoms with Crippen molar-refractivity contribution in [1.29, 1.82) is 0 Å². The van der Waals surface area contributed by atoms with Crippen molar-refractivity contribution >= 4 is 23.2 Å². The van der Waals surface area contributed by atoms with Crippen LogP contribution in [0.2, 0.25) is 0 Å². The van der Waals surface area contributed by atoms with Gasteiger partial charge < -0.3 is 4.74 Å². The maximum absolute atomic E-state index is 6.40. The van der Waals surface area contributed by atoms with E-state index in [1.54, 1.807) is 0 Å². The van der Waals surface area contributed by atoms with Gasteiger partial charge in [0.25, 0.3) is 0 Å². The van der Waals surface area contributed by atoms with E-state index in [0.717, 1.165) is 6.42 Å². The number of ether oxygens (including phenoxy) is 1. The molecular formula is C19H38Cl2O. The first kappa shape index (κ1) is 22.5. The zero-order chi connectivity index (χ0) is 16.6. The molecule has 0 saturated heterocycles. The molecular weight excluding hydrogens is 315 g/mol. The zero-order valence-corrected chi connectivity index (χ0v) is 16.6. The largest absolute Gasteiger partial charge is 0.373 e. The Morgan fingerprint density at radius 3 is 1.64 bits per heavy atom. The first-order valence-corrected chi connectivity index (χ1v) is 10.4. The molecule has 0 aromatic rings. The SMILES string of the molecule is CCCCCCCCCCCCCC(Cl)C(CCl)OC(C)C. The van der Waals surface area contributed by atoms with E-state index in [4.69, 9.17) is 27.9 Å². The smallest absolute Gasteiger partial charge is 0.0877 e. The summed E-state index contributed by atoms with van der Waals surface area (Å²) in [6.45, 7) is 6.34. The minimum atomic E-state index is -0.00791. The zero-order valence-electron chi connectivity index (χ0n) is 15.1. The van der Waals surface area contributed by atoms with Crippen LogP contribution in [0.5, 0.6) is 0 Å². The summed E-state index contributed by atoms with van der Waals surface area (Å²) in [7, 11) is 0. The lowest BCUT2D eigenvalue weighted by Crippen LogP contribution is -2.29. The standard InChI is InChI=1S/C19H38Cl2O/c1-4-5-6-7-8-9-10-11-12-13-14-15-18(21)19(16-20)22-17(2)3/h17-19H,4-16H2,1-3H3. The molecule has 0 aromatic heterocycles. The molecule has 0 aromatic carbocycles. The lowest BCUT2D eigenvalue weighted by atomic mass is 10.0. The summed E-state index contributed by atoms with van der Waals surface area (Å²) >= 11 is 12.3. The van der Waals surface area contributed by atoms with Gasteiger partial charge in [0, 0.05) is 0 Å². The van der Waals surface area contributed by atoms with Gasteiger partial charge in [-0.05, 0) is 20.3 Å². The summed E-state index contributed by atoms with van der Waals surface area (Å²) in [6, 6.07) is 0. The number of hydrogen-bond acceptors (Lipinski definition) is 1. The van der Waals surface area contributed by atoms with Crippen molar-refractivity contribution in [2.75, 3.05) is 5.88 Å². The highest BCUT2D eigenvalue weighted by Crippen LogP contribution is 2.19. The highest BCUT2D eigenvalue weighted by atomic mass is 35.5. The van der Waals surface area contributed by atoms with E-state index in [1.807, 2.05) is 13.8 Å². The number of unbranched alkanes of at least 4 members (excludes halogenated alkanes) is 10. The molecule has 0 N–H and O–H groups in total. The lowest BCUT2D eigenvalue weighted by Gasteiger charge is -2.22. The average Bonchev–Trinajstić information content (AvgIpc) is 2.49. The Bertz CT molecular complexity index is 221. The van der Waals surface area contributed by atoms with Crippen LogP contribution in [-0.2, 0) is 4.74 Å². The molecule has 0 heterocycles. The van der Waals surface area contributed by atoms with Crippen molar-refractivity contribution in [2.24, 2.45) is 0 Å². The Balaban J connectivity index is 3.37. The third-order valence-corrected chi connectivity index (χ3v) is 4.89. The minimum Gasteiger partial charge on any atom is -0.373 e.